The Labute approximate surface area is 161 Å². The number of carbonyl (C=O) groups excluding carboxylic acids is 1. The normalized spacial score (nSPS) is 12.6. The number of ether oxygens (including phenoxy) is 2. The molecule has 0 radical (unpaired) electrons. The van der Waals surface area contributed by atoms with Gasteiger partial charge in [-0.25, -0.2) is 9.78 Å². The fourth-order valence-electron chi connectivity index (χ4n) is 3.09. The number of halogens is 1. The lowest BCUT2D eigenvalue weighted by Gasteiger charge is -2.07. The number of hydrogen-bond donors (Lipinski definition) is 0. The second kappa shape index (κ2) is 7.84. The molecule has 6 heteroatoms. The predicted octanol–water partition coefficient (Wildman–Crippen LogP) is 4.61. The number of hydrogen-bond acceptors (Lipinski definition) is 5. The smallest absolute Gasteiger partial charge is 0.344 e. The largest absolute Gasteiger partial charge is 0.482 e. The molecule has 0 N–H and O–H groups in total. The molecule has 2 aromatic carbocycles. The van der Waals surface area contributed by atoms with Crippen molar-refractivity contribution in [2.45, 2.75) is 25.9 Å². The summed E-state index contributed by atoms with van der Waals surface area (Å²) in [6, 6.07) is 13.2. The molecule has 0 atom stereocenters. The summed E-state index contributed by atoms with van der Waals surface area (Å²) >= 11 is 5.87. The minimum atomic E-state index is -0.471. The van der Waals surface area contributed by atoms with E-state index in [1.54, 1.807) is 18.3 Å². The third-order valence-corrected chi connectivity index (χ3v) is 4.72. The molecule has 1 heterocycles. The SMILES string of the molecule is O=C(COc1ccc2c(c1)CCC2)OCc1ncc(-c2ccc(Cl)cc2)o1. The molecule has 0 saturated heterocycles. The Bertz CT molecular complexity index is 949. The van der Waals surface area contributed by atoms with E-state index in [9.17, 15) is 4.79 Å². The number of carbonyl (C=O) groups is 1. The van der Waals surface area contributed by atoms with Crippen LogP contribution in [0.1, 0.15) is 23.4 Å². The first-order valence-corrected chi connectivity index (χ1v) is 9.16. The summed E-state index contributed by atoms with van der Waals surface area (Å²) in [6.07, 6.45) is 4.95. The summed E-state index contributed by atoms with van der Waals surface area (Å²) in [7, 11) is 0. The Morgan fingerprint density at radius 3 is 2.78 bits per heavy atom. The van der Waals surface area contributed by atoms with Gasteiger partial charge < -0.3 is 13.9 Å². The van der Waals surface area contributed by atoms with E-state index in [-0.39, 0.29) is 13.2 Å². The topological polar surface area (TPSA) is 61.6 Å². The summed E-state index contributed by atoms with van der Waals surface area (Å²) in [5, 5.41) is 0.649. The highest BCUT2D eigenvalue weighted by Crippen LogP contribution is 2.26. The number of aryl methyl sites for hydroxylation is 2. The van der Waals surface area contributed by atoms with E-state index >= 15 is 0 Å². The van der Waals surface area contributed by atoms with E-state index in [2.05, 4.69) is 11.1 Å². The summed E-state index contributed by atoms with van der Waals surface area (Å²) in [5.74, 6) is 1.13. The molecule has 1 aliphatic carbocycles. The van der Waals surface area contributed by atoms with Crippen LogP contribution in [0, 0.1) is 0 Å². The molecule has 1 aliphatic rings. The van der Waals surface area contributed by atoms with Gasteiger partial charge in [-0.15, -0.1) is 0 Å². The Morgan fingerprint density at radius 1 is 1.11 bits per heavy atom. The fourth-order valence-corrected chi connectivity index (χ4v) is 3.21. The van der Waals surface area contributed by atoms with Gasteiger partial charge in [0.05, 0.1) is 6.20 Å². The van der Waals surface area contributed by atoms with E-state index in [1.165, 1.54) is 17.5 Å². The van der Waals surface area contributed by atoms with Crippen LogP contribution in [0.25, 0.3) is 11.3 Å². The zero-order chi connectivity index (χ0) is 18.6. The van der Waals surface area contributed by atoms with Gasteiger partial charge in [-0.2, -0.15) is 0 Å². The fraction of sp³-hybridized carbons (Fsp3) is 0.238. The van der Waals surface area contributed by atoms with E-state index in [4.69, 9.17) is 25.5 Å². The number of oxazole rings is 1. The van der Waals surface area contributed by atoms with Gasteiger partial charge >= 0.3 is 5.97 Å². The van der Waals surface area contributed by atoms with Gasteiger partial charge in [0.2, 0.25) is 5.89 Å². The molecule has 4 rings (SSSR count). The Hall–Kier alpha value is -2.79. The van der Waals surface area contributed by atoms with E-state index < -0.39 is 5.97 Å². The molecule has 0 unspecified atom stereocenters. The van der Waals surface area contributed by atoms with Gasteiger partial charge in [-0.05, 0) is 66.8 Å². The average Bonchev–Trinajstić information content (AvgIpc) is 3.34. The van der Waals surface area contributed by atoms with Gasteiger partial charge in [-0.1, -0.05) is 17.7 Å². The maximum Gasteiger partial charge on any atom is 0.344 e. The molecule has 0 amide bonds. The van der Waals surface area contributed by atoms with E-state index in [0.717, 1.165) is 18.4 Å². The number of fused-ring (bicyclic) bond motifs is 1. The number of nitrogens with zero attached hydrogens (tertiary/aromatic N) is 1. The highest BCUT2D eigenvalue weighted by Gasteiger charge is 2.13. The molecule has 0 bridgehead atoms. The molecule has 5 nitrogen and oxygen atoms in total. The first kappa shape index (κ1) is 17.6. The minimum absolute atomic E-state index is 0.0417. The maximum absolute atomic E-state index is 11.9. The van der Waals surface area contributed by atoms with Crippen LogP contribution in [0.15, 0.2) is 53.1 Å². The molecule has 3 aromatic rings. The molecule has 138 valence electrons. The third kappa shape index (κ3) is 4.31. The Balaban J connectivity index is 1.27. The molecule has 0 fully saturated rings. The van der Waals surface area contributed by atoms with Gasteiger partial charge in [-0.3, -0.25) is 0 Å². The lowest BCUT2D eigenvalue weighted by molar-refractivity contribution is -0.148. The second-order valence-corrected chi connectivity index (χ2v) is 6.80. The average molecular weight is 384 g/mol. The van der Waals surface area contributed by atoms with Crippen molar-refractivity contribution in [3.05, 3.63) is 70.7 Å². The van der Waals surface area contributed by atoms with Gasteiger partial charge in [0.15, 0.2) is 19.0 Å². The lowest BCUT2D eigenvalue weighted by Crippen LogP contribution is -2.14. The monoisotopic (exact) mass is 383 g/mol. The third-order valence-electron chi connectivity index (χ3n) is 4.47. The van der Waals surface area contributed by atoms with E-state index in [1.807, 2.05) is 24.3 Å². The van der Waals surface area contributed by atoms with Crippen LogP contribution in [0.2, 0.25) is 5.02 Å². The zero-order valence-corrected chi connectivity index (χ0v) is 15.4. The van der Waals surface area contributed by atoms with Crippen molar-refractivity contribution in [3.8, 4) is 17.1 Å². The number of benzene rings is 2. The highest BCUT2D eigenvalue weighted by atomic mass is 35.5. The van der Waals surface area contributed by atoms with Crippen LogP contribution in [-0.2, 0) is 29.0 Å². The van der Waals surface area contributed by atoms with Crippen molar-refractivity contribution in [1.29, 1.82) is 0 Å². The second-order valence-electron chi connectivity index (χ2n) is 6.36. The van der Waals surface area contributed by atoms with Crippen molar-refractivity contribution in [2.24, 2.45) is 0 Å². The van der Waals surface area contributed by atoms with Crippen molar-refractivity contribution in [3.63, 3.8) is 0 Å². The van der Waals surface area contributed by atoms with Crippen molar-refractivity contribution in [2.75, 3.05) is 6.61 Å². The maximum atomic E-state index is 11.9. The first-order valence-electron chi connectivity index (χ1n) is 8.78. The van der Waals surface area contributed by atoms with Crippen LogP contribution in [-0.4, -0.2) is 17.6 Å². The number of rotatable bonds is 6. The van der Waals surface area contributed by atoms with Gasteiger partial charge in [0.25, 0.3) is 0 Å². The zero-order valence-electron chi connectivity index (χ0n) is 14.6. The lowest BCUT2D eigenvalue weighted by atomic mass is 10.1. The molecular formula is C21H18ClNO4. The first-order chi connectivity index (χ1) is 13.2. The van der Waals surface area contributed by atoms with Crippen LogP contribution in [0.4, 0.5) is 0 Å². The highest BCUT2D eigenvalue weighted by molar-refractivity contribution is 6.30. The predicted molar refractivity (Wildman–Crippen MR) is 101 cm³/mol. The van der Waals surface area contributed by atoms with Gasteiger partial charge in [0, 0.05) is 10.6 Å². The van der Waals surface area contributed by atoms with Crippen molar-refractivity contribution in [1.82, 2.24) is 4.98 Å². The Morgan fingerprint density at radius 2 is 1.93 bits per heavy atom. The molecule has 1 aromatic heterocycles. The molecule has 0 aliphatic heterocycles. The van der Waals surface area contributed by atoms with E-state index in [0.29, 0.717) is 22.4 Å². The summed E-state index contributed by atoms with van der Waals surface area (Å²) in [6.45, 7) is -0.191. The van der Waals surface area contributed by atoms with Crippen molar-refractivity contribution >= 4 is 17.6 Å². The Kier molecular flexibility index (Phi) is 5.12. The molecule has 27 heavy (non-hydrogen) atoms. The van der Waals surface area contributed by atoms with Gasteiger partial charge in [0.1, 0.15) is 5.75 Å². The van der Waals surface area contributed by atoms with Crippen LogP contribution in [0.3, 0.4) is 0 Å². The summed E-state index contributed by atoms with van der Waals surface area (Å²) in [4.78, 5) is 16.0. The molecule has 0 saturated carbocycles. The standard InChI is InChI=1S/C21H18ClNO4/c22-17-7-4-15(5-8-17)19-11-23-20(27-19)12-26-21(24)13-25-18-9-6-14-2-1-3-16(14)10-18/h4-11H,1-3,12-13H2. The van der Waals surface area contributed by atoms with Crippen molar-refractivity contribution < 1.29 is 18.7 Å². The van der Waals surface area contributed by atoms with Crippen LogP contribution < -0.4 is 4.74 Å². The molecular weight excluding hydrogens is 366 g/mol. The number of aromatic nitrogens is 1. The summed E-state index contributed by atoms with van der Waals surface area (Å²) < 4.78 is 16.3. The quantitative estimate of drug-likeness (QED) is 0.582. The summed E-state index contributed by atoms with van der Waals surface area (Å²) in [5.41, 5.74) is 3.52. The minimum Gasteiger partial charge on any atom is -0.482 e. The van der Waals surface area contributed by atoms with Crippen LogP contribution in [0.5, 0.6) is 5.75 Å². The molecule has 0 spiro atoms. The van der Waals surface area contributed by atoms with Crippen LogP contribution >= 0.6 is 11.6 Å². The number of esters is 1.